The number of hydrogen-bond acceptors (Lipinski definition) is 11. The zero-order valence-corrected chi connectivity index (χ0v) is 26.4. The monoisotopic (exact) mass is 641 g/mol. The van der Waals surface area contributed by atoms with Crippen LogP contribution in [0.1, 0.15) is 11.1 Å². The van der Waals surface area contributed by atoms with Crippen molar-refractivity contribution >= 4 is 55.8 Å². The van der Waals surface area contributed by atoms with Crippen LogP contribution in [0.25, 0.3) is 0 Å². The van der Waals surface area contributed by atoms with E-state index >= 15 is 0 Å². The van der Waals surface area contributed by atoms with Gasteiger partial charge >= 0.3 is 0 Å². The van der Waals surface area contributed by atoms with Crippen molar-refractivity contribution in [2.75, 3.05) is 7.11 Å². The zero-order valence-electron chi connectivity index (χ0n) is 22.2. The van der Waals surface area contributed by atoms with E-state index in [1.165, 1.54) is 0 Å². The summed E-state index contributed by atoms with van der Waals surface area (Å²) in [5, 5.41) is 27.8. The van der Waals surface area contributed by atoms with E-state index in [4.69, 9.17) is 10.2 Å². The molecule has 5 aromatic rings. The summed E-state index contributed by atoms with van der Waals surface area (Å²) in [7, 11) is 7.45. The third-order valence-electron chi connectivity index (χ3n) is 4.65. The summed E-state index contributed by atoms with van der Waals surface area (Å²) < 4.78 is 0. The van der Waals surface area contributed by atoms with E-state index in [1.54, 1.807) is 61.8 Å². The van der Waals surface area contributed by atoms with Crippen LogP contribution in [-0.4, -0.2) is 37.4 Å². The van der Waals surface area contributed by atoms with E-state index < -0.39 is 0 Å². The Hall–Kier alpha value is -2.48. The van der Waals surface area contributed by atoms with Crippen molar-refractivity contribution in [1.29, 1.82) is 0 Å². The first-order chi connectivity index (χ1) is 20.2. The van der Waals surface area contributed by atoms with Gasteiger partial charge in [0.05, 0.1) is 13.2 Å². The number of aliphatic hydroxyl groups is 3. The molecule has 0 aliphatic rings. The van der Waals surface area contributed by atoms with Gasteiger partial charge in [0.2, 0.25) is 0 Å². The molecule has 41 heavy (non-hydrogen) atoms. The number of hydrogen-bond donors (Lipinski definition) is 4. The fourth-order valence-corrected chi connectivity index (χ4v) is 6.80. The summed E-state index contributed by atoms with van der Waals surface area (Å²) in [4.78, 5) is 14.6. The van der Waals surface area contributed by atoms with Crippen LogP contribution in [-0.2, 0) is 13.2 Å². The molecule has 0 amide bonds. The maximum atomic E-state index is 9.18. The van der Waals surface area contributed by atoms with Gasteiger partial charge in [-0.05, 0) is 92.0 Å². The van der Waals surface area contributed by atoms with Crippen molar-refractivity contribution in [3.8, 4) is 0 Å². The minimum atomic E-state index is 0.0691. The normalized spacial score (nSPS) is 9.68. The summed E-state index contributed by atoms with van der Waals surface area (Å²) in [6, 6.07) is 32.9. The SMILES string of the molecule is CO.OCc1ccccc1S.OCc1ccccc1SSc1ccccn1.c1ccc(SSc2ccccn2)nc1. The topological polar surface area (TPSA) is 99.4 Å². The second-order valence-electron chi connectivity index (χ2n) is 7.39. The third kappa shape index (κ3) is 14.3. The standard InChI is InChI=1S/C12H11NOS2.C10H8N2S2.C7H8OS.CH4O/c14-9-10-5-1-2-6-11(10)15-16-12-7-3-4-8-13-12;1-3-7-11-9(5-1)13-14-10-6-2-4-8-12-10;8-5-6-3-1-2-4-7(6)9;1-2/h1-8,14H,9H2;1-8H;1-4,8-9H,5H2;2H,1H3. The Labute approximate surface area is 262 Å². The Balaban J connectivity index is 0.000000216. The Morgan fingerprint density at radius 2 is 0.902 bits per heavy atom. The molecule has 3 aromatic heterocycles. The van der Waals surface area contributed by atoms with Gasteiger partial charge in [-0.3, -0.25) is 0 Å². The van der Waals surface area contributed by atoms with E-state index in [-0.39, 0.29) is 13.2 Å². The highest BCUT2D eigenvalue weighted by atomic mass is 33.1. The van der Waals surface area contributed by atoms with E-state index in [9.17, 15) is 5.11 Å². The summed E-state index contributed by atoms with van der Waals surface area (Å²) in [6.45, 7) is 0.144. The van der Waals surface area contributed by atoms with Crippen LogP contribution < -0.4 is 0 Å². The molecule has 11 heteroatoms. The lowest BCUT2D eigenvalue weighted by Crippen LogP contribution is -1.85. The molecule has 0 atom stereocenters. The summed E-state index contributed by atoms with van der Waals surface area (Å²) in [5.74, 6) is 0. The number of aliphatic hydroxyl groups excluding tert-OH is 3. The number of thiol groups is 1. The molecule has 0 aliphatic carbocycles. The fourth-order valence-electron chi connectivity index (χ4n) is 2.72. The Morgan fingerprint density at radius 1 is 0.512 bits per heavy atom. The predicted molar refractivity (Wildman–Crippen MR) is 176 cm³/mol. The molecule has 0 bridgehead atoms. The summed E-state index contributed by atoms with van der Waals surface area (Å²) >= 11 is 4.12. The molecule has 3 N–H and O–H groups in total. The van der Waals surface area contributed by atoms with Crippen molar-refractivity contribution in [3.63, 3.8) is 0 Å². The Bertz CT molecular complexity index is 1320. The number of benzene rings is 2. The molecule has 0 fully saturated rings. The number of pyridine rings is 3. The van der Waals surface area contributed by atoms with Gasteiger partial charge < -0.3 is 15.3 Å². The first kappa shape index (κ1) is 34.7. The van der Waals surface area contributed by atoms with Gasteiger partial charge in [-0.1, -0.05) is 65.4 Å². The first-order valence-corrected chi connectivity index (χ1v) is 16.9. The van der Waals surface area contributed by atoms with Crippen molar-refractivity contribution in [3.05, 3.63) is 133 Å². The molecule has 6 nitrogen and oxygen atoms in total. The molecule has 2 aromatic carbocycles. The van der Waals surface area contributed by atoms with Gasteiger partial charge in [-0.25, -0.2) is 15.0 Å². The average molecular weight is 642 g/mol. The van der Waals surface area contributed by atoms with Crippen LogP contribution in [0.4, 0.5) is 0 Å². The van der Waals surface area contributed by atoms with Crippen LogP contribution in [0.3, 0.4) is 0 Å². The first-order valence-electron chi connectivity index (χ1n) is 12.1. The number of rotatable bonds is 8. The summed E-state index contributed by atoms with van der Waals surface area (Å²) in [5.41, 5.74) is 1.83. The molecule has 0 radical (unpaired) electrons. The third-order valence-corrected chi connectivity index (χ3v) is 9.64. The summed E-state index contributed by atoms with van der Waals surface area (Å²) in [6.07, 6.45) is 5.36. The molecule has 0 spiro atoms. The van der Waals surface area contributed by atoms with E-state index in [0.29, 0.717) is 0 Å². The van der Waals surface area contributed by atoms with Gasteiger partial charge in [0, 0.05) is 35.5 Å². The van der Waals surface area contributed by atoms with Crippen LogP contribution >= 0.6 is 55.8 Å². The fraction of sp³-hybridized carbons (Fsp3) is 0.100. The van der Waals surface area contributed by atoms with Crippen LogP contribution in [0.5, 0.6) is 0 Å². The number of nitrogens with zero attached hydrogens (tertiary/aromatic N) is 3. The second kappa shape index (κ2) is 22.2. The highest BCUT2D eigenvalue weighted by Gasteiger charge is 2.03. The molecule has 214 valence electrons. The van der Waals surface area contributed by atoms with Crippen molar-refractivity contribution in [1.82, 2.24) is 15.0 Å². The average Bonchev–Trinajstić information content (AvgIpc) is 3.06. The van der Waals surface area contributed by atoms with Crippen LogP contribution in [0, 0.1) is 0 Å². The van der Waals surface area contributed by atoms with Gasteiger partial charge in [-0.2, -0.15) is 0 Å². The molecule has 0 aliphatic heterocycles. The molecule has 0 saturated carbocycles. The van der Waals surface area contributed by atoms with Gasteiger partial charge in [-0.15, -0.1) is 12.6 Å². The maximum absolute atomic E-state index is 9.18. The van der Waals surface area contributed by atoms with E-state index in [1.807, 2.05) is 103 Å². The maximum Gasteiger partial charge on any atom is 0.107 e. The van der Waals surface area contributed by atoms with E-state index in [2.05, 4.69) is 27.6 Å². The lowest BCUT2D eigenvalue weighted by Gasteiger charge is -2.04. The molecule has 3 heterocycles. The molecular formula is C30H31N3O3S5. The molecular weight excluding hydrogens is 611 g/mol. The lowest BCUT2D eigenvalue weighted by molar-refractivity contribution is 0.279. The molecule has 0 unspecified atom stereocenters. The lowest BCUT2D eigenvalue weighted by atomic mass is 10.2. The highest BCUT2D eigenvalue weighted by molar-refractivity contribution is 8.77. The van der Waals surface area contributed by atoms with Crippen molar-refractivity contribution < 1.29 is 15.3 Å². The number of aromatic nitrogens is 3. The Morgan fingerprint density at radius 3 is 1.29 bits per heavy atom. The smallest absolute Gasteiger partial charge is 0.107 e. The second-order valence-corrected chi connectivity index (χ2v) is 12.2. The van der Waals surface area contributed by atoms with Crippen molar-refractivity contribution in [2.24, 2.45) is 0 Å². The predicted octanol–water partition coefficient (Wildman–Crippen LogP) is 7.73. The van der Waals surface area contributed by atoms with Crippen molar-refractivity contribution in [2.45, 2.75) is 38.1 Å². The quantitative estimate of drug-likeness (QED) is 0.0995. The highest BCUT2D eigenvalue weighted by Crippen LogP contribution is 2.37. The zero-order chi connectivity index (χ0) is 29.5. The van der Waals surface area contributed by atoms with Gasteiger partial charge in [0.25, 0.3) is 0 Å². The minimum Gasteiger partial charge on any atom is -0.400 e. The Kier molecular flexibility index (Phi) is 18.8. The van der Waals surface area contributed by atoms with Gasteiger partial charge in [0.15, 0.2) is 0 Å². The largest absolute Gasteiger partial charge is 0.400 e. The van der Waals surface area contributed by atoms with Crippen LogP contribution in [0.2, 0.25) is 0 Å². The molecule has 5 rings (SSSR count). The molecule has 0 saturated heterocycles. The minimum absolute atomic E-state index is 0.0691. The van der Waals surface area contributed by atoms with E-state index in [0.717, 1.165) is 43.1 Å². The van der Waals surface area contributed by atoms with Gasteiger partial charge in [0.1, 0.15) is 15.1 Å². The van der Waals surface area contributed by atoms with Crippen LogP contribution in [0.15, 0.2) is 147 Å².